The van der Waals surface area contributed by atoms with Crippen molar-refractivity contribution in [2.24, 2.45) is 0 Å². The highest BCUT2D eigenvalue weighted by molar-refractivity contribution is 5.92. The van der Waals surface area contributed by atoms with Gasteiger partial charge >= 0.3 is 6.18 Å². The number of hydrogen-bond acceptors (Lipinski definition) is 5. The molecule has 2 aromatic heterocycles. The van der Waals surface area contributed by atoms with Crippen LogP contribution in [0.2, 0.25) is 0 Å². The maximum Gasteiger partial charge on any atom is 0.422 e. The lowest BCUT2D eigenvalue weighted by Crippen LogP contribution is -2.38. The van der Waals surface area contributed by atoms with Gasteiger partial charge < -0.3 is 14.2 Å². The SMILES string of the molecule is CC(C)n1cnnc1C1CCN(C(=O)c2ccc(OCC(F)(F)F)cn2)CC1. The fourth-order valence-corrected chi connectivity index (χ4v) is 3.20. The maximum atomic E-state index is 12.6. The number of carbonyl (C=O) groups excluding carboxylic acids is 1. The van der Waals surface area contributed by atoms with Crippen molar-refractivity contribution in [1.29, 1.82) is 0 Å². The zero-order valence-corrected chi connectivity index (χ0v) is 15.7. The van der Waals surface area contributed by atoms with Crippen LogP contribution in [0.3, 0.4) is 0 Å². The standard InChI is InChI=1S/C18H22F3N5O2/c1-12(2)26-11-23-24-16(26)13-5-7-25(8-6-13)17(27)15-4-3-14(9-22-15)28-10-18(19,20)21/h3-4,9,11-13H,5-8,10H2,1-2H3. The number of alkyl halides is 3. The highest BCUT2D eigenvalue weighted by Crippen LogP contribution is 2.28. The number of ether oxygens (including phenoxy) is 1. The molecular weight excluding hydrogens is 375 g/mol. The first-order valence-electron chi connectivity index (χ1n) is 9.09. The molecule has 1 saturated heterocycles. The fourth-order valence-electron chi connectivity index (χ4n) is 3.20. The van der Waals surface area contributed by atoms with E-state index in [9.17, 15) is 18.0 Å². The van der Waals surface area contributed by atoms with Crippen LogP contribution in [0.15, 0.2) is 24.7 Å². The lowest BCUT2D eigenvalue weighted by Gasteiger charge is -2.31. The molecule has 3 heterocycles. The lowest BCUT2D eigenvalue weighted by molar-refractivity contribution is -0.153. The highest BCUT2D eigenvalue weighted by atomic mass is 19.4. The molecule has 0 atom stereocenters. The number of piperidine rings is 1. The Balaban J connectivity index is 1.57. The molecule has 0 spiro atoms. The van der Waals surface area contributed by atoms with Gasteiger partial charge in [-0.15, -0.1) is 10.2 Å². The van der Waals surface area contributed by atoms with Crippen LogP contribution in [0.25, 0.3) is 0 Å². The van der Waals surface area contributed by atoms with Crippen molar-refractivity contribution >= 4 is 5.91 Å². The van der Waals surface area contributed by atoms with E-state index in [4.69, 9.17) is 0 Å². The van der Waals surface area contributed by atoms with E-state index in [1.807, 2.05) is 4.57 Å². The Bertz CT molecular complexity index is 796. The Hall–Kier alpha value is -2.65. The first-order chi connectivity index (χ1) is 13.2. The number of carbonyl (C=O) groups is 1. The third-order valence-corrected chi connectivity index (χ3v) is 4.66. The quantitative estimate of drug-likeness (QED) is 0.775. The smallest absolute Gasteiger partial charge is 0.422 e. The van der Waals surface area contributed by atoms with Crippen molar-refractivity contribution in [2.45, 2.75) is 44.8 Å². The molecule has 0 bridgehead atoms. The van der Waals surface area contributed by atoms with Gasteiger partial charge in [0.2, 0.25) is 0 Å². The number of aromatic nitrogens is 4. The molecule has 0 radical (unpaired) electrons. The molecule has 2 aromatic rings. The minimum atomic E-state index is -4.42. The Kier molecular flexibility index (Phi) is 5.85. The van der Waals surface area contributed by atoms with Gasteiger partial charge in [0.05, 0.1) is 6.20 Å². The summed E-state index contributed by atoms with van der Waals surface area (Å²) >= 11 is 0. The van der Waals surface area contributed by atoms with E-state index >= 15 is 0 Å². The van der Waals surface area contributed by atoms with Gasteiger partial charge in [0.25, 0.3) is 5.91 Å². The average molecular weight is 397 g/mol. The lowest BCUT2D eigenvalue weighted by atomic mass is 9.95. The van der Waals surface area contributed by atoms with Crippen molar-refractivity contribution in [3.63, 3.8) is 0 Å². The number of halogens is 3. The summed E-state index contributed by atoms with van der Waals surface area (Å²) in [5.74, 6) is 0.901. The Morgan fingerprint density at radius 3 is 2.57 bits per heavy atom. The van der Waals surface area contributed by atoms with Gasteiger partial charge in [-0.3, -0.25) is 4.79 Å². The van der Waals surface area contributed by atoms with Gasteiger partial charge in [0.1, 0.15) is 23.6 Å². The van der Waals surface area contributed by atoms with Gasteiger partial charge in [-0.25, -0.2) is 4.98 Å². The van der Waals surface area contributed by atoms with Crippen LogP contribution in [0.5, 0.6) is 5.75 Å². The van der Waals surface area contributed by atoms with E-state index in [0.29, 0.717) is 13.1 Å². The topological polar surface area (TPSA) is 73.1 Å². The van der Waals surface area contributed by atoms with E-state index in [2.05, 4.69) is 33.8 Å². The van der Waals surface area contributed by atoms with Gasteiger partial charge in [-0.1, -0.05) is 0 Å². The zero-order chi connectivity index (χ0) is 20.3. The van der Waals surface area contributed by atoms with E-state index in [1.54, 1.807) is 11.2 Å². The normalized spacial score (nSPS) is 15.9. The molecule has 3 rings (SSSR count). The minimum Gasteiger partial charge on any atom is -0.483 e. The fraction of sp³-hybridized carbons (Fsp3) is 0.556. The number of rotatable bonds is 5. The first kappa shape index (κ1) is 20.1. The first-order valence-corrected chi connectivity index (χ1v) is 9.09. The summed E-state index contributed by atoms with van der Waals surface area (Å²) in [5, 5.41) is 8.24. The molecule has 1 amide bonds. The molecule has 10 heteroatoms. The van der Waals surface area contributed by atoms with Crippen molar-refractivity contribution in [3.8, 4) is 5.75 Å². The van der Waals surface area contributed by atoms with Crippen LogP contribution in [0.1, 0.15) is 55.0 Å². The third-order valence-electron chi connectivity index (χ3n) is 4.66. The molecule has 0 unspecified atom stereocenters. The zero-order valence-electron chi connectivity index (χ0n) is 15.7. The Morgan fingerprint density at radius 1 is 1.29 bits per heavy atom. The van der Waals surface area contributed by atoms with Crippen LogP contribution in [0, 0.1) is 0 Å². The van der Waals surface area contributed by atoms with Gasteiger partial charge in [-0.2, -0.15) is 13.2 Å². The van der Waals surface area contributed by atoms with Crippen LogP contribution in [0.4, 0.5) is 13.2 Å². The van der Waals surface area contributed by atoms with Gasteiger partial charge in [0, 0.05) is 25.0 Å². The molecule has 0 saturated carbocycles. The second-order valence-corrected chi connectivity index (χ2v) is 7.04. The minimum absolute atomic E-state index is 0.0272. The Morgan fingerprint density at radius 2 is 2.00 bits per heavy atom. The molecule has 1 fully saturated rings. The number of hydrogen-bond donors (Lipinski definition) is 0. The number of likely N-dealkylation sites (tertiary alicyclic amines) is 1. The van der Waals surface area contributed by atoms with Crippen molar-refractivity contribution < 1.29 is 22.7 Å². The Labute approximate surface area is 160 Å². The highest BCUT2D eigenvalue weighted by Gasteiger charge is 2.29. The van der Waals surface area contributed by atoms with Crippen LogP contribution >= 0.6 is 0 Å². The molecule has 152 valence electrons. The van der Waals surface area contributed by atoms with Crippen LogP contribution in [-0.4, -0.2) is 56.4 Å². The summed E-state index contributed by atoms with van der Waals surface area (Å²) in [7, 11) is 0. The molecule has 1 aliphatic rings. The second-order valence-electron chi connectivity index (χ2n) is 7.04. The molecule has 7 nitrogen and oxygen atoms in total. The summed E-state index contributed by atoms with van der Waals surface area (Å²) in [5.41, 5.74) is 0.183. The maximum absolute atomic E-state index is 12.6. The second kappa shape index (κ2) is 8.15. The third kappa shape index (κ3) is 4.79. The molecule has 0 aromatic carbocycles. The number of nitrogens with zero attached hydrogens (tertiary/aromatic N) is 5. The van der Waals surface area contributed by atoms with Crippen LogP contribution < -0.4 is 4.74 Å². The summed E-state index contributed by atoms with van der Waals surface area (Å²) in [6, 6.07) is 2.98. The van der Waals surface area contributed by atoms with E-state index in [-0.39, 0.29) is 29.3 Å². The monoisotopic (exact) mass is 397 g/mol. The summed E-state index contributed by atoms with van der Waals surface area (Å²) in [4.78, 5) is 18.3. The summed E-state index contributed by atoms with van der Waals surface area (Å²) < 4.78 is 43.2. The summed E-state index contributed by atoms with van der Waals surface area (Å²) in [6.07, 6.45) is -0.0206. The molecule has 0 N–H and O–H groups in total. The van der Waals surface area contributed by atoms with E-state index in [1.165, 1.54) is 12.1 Å². The predicted molar refractivity (Wildman–Crippen MR) is 94.1 cm³/mol. The van der Waals surface area contributed by atoms with Gasteiger partial charge in [-0.05, 0) is 38.8 Å². The van der Waals surface area contributed by atoms with E-state index in [0.717, 1.165) is 24.9 Å². The van der Waals surface area contributed by atoms with Gasteiger partial charge in [0.15, 0.2) is 6.61 Å². The number of amides is 1. The molecule has 28 heavy (non-hydrogen) atoms. The average Bonchev–Trinajstić information content (AvgIpc) is 3.16. The van der Waals surface area contributed by atoms with Crippen molar-refractivity contribution in [3.05, 3.63) is 36.2 Å². The number of pyridine rings is 1. The van der Waals surface area contributed by atoms with Crippen molar-refractivity contribution in [2.75, 3.05) is 19.7 Å². The molecular formula is C18H22F3N5O2. The predicted octanol–water partition coefficient (Wildman–Crippen LogP) is 3.21. The largest absolute Gasteiger partial charge is 0.483 e. The molecule has 1 aliphatic heterocycles. The molecule has 0 aliphatic carbocycles. The van der Waals surface area contributed by atoms with Crippen molar-refractivity contribution in [1.82, 2.24) is 24.6 Å². The summed E-state index contributed by atoms with van der Waals surface area (Å²) in [6.45, 7) is 3.86. The van der Waals surface area contributed by atoms with Crippen LogP contribution in [-0.2, 0) is 0 Å². The van der Waals surface area contributed by atoms with E-state index < -0.39 is 12.8 Å².